The summed E-state index contributed by atoms with van der Waals surface area (Å²) in [6, 6.07) is 7.14. The molecular formula is C16H22N2O2. The lowest BCUT2D eigenvalue weighted by Gasteiger charge is -2.17. The van der Waals surface area contributed by atoms with Crippen LogP contribution in [0.5, 0.6) is 0 Å². The zero-order chi connectivity index (χ0) is 14.7. The number of nitrogens with two attached hydrogens (primary N) is 1. The first-order chi connectivity index (χ1) is 9.52. The van der Waals surface area contributed by atoms with E-state index in [2.05, 4.69) is 6.92 Å². The Labute approximate surface area is 119 Å². The maximum Gasteiger partial charge on any atom is 0.248 e. The third kappa shape index (κ3) is 3.38. The predicted molar refractivity (Wildman–Crippen MR) is 77.9 cm³/mol. The van der Waals surface area contributed by atoms with Crippen LogP contribution in [0.2, 0.25) is 0 Å². The normalized spacial score (nSPS) is 20.5. The first-order valence-corrected chi connectivity index (χ1v) is 7.16. The number of benzene rings is 1. The molecule has 2 amide bonds. The molecule has 0 bridgehead atoms. The molecule has 4 nitrogen and oxygen atoms in total. The Morgan fingerprint density at radius 1 is 1.40 bits per heavy atom. The quantitative estimate of drug-likeness (QED) is 0.864. The van der Waals surface area contributed by atoms with Crippen molar-refractivity contribution < 1.29 is 9.59 Å². The molecule has 0 aliphatic heterocycles. The molecule has 2 N–H and O–H groups in total. The highest BCUT2D eigenvalue weighted by molar-refractivity contribution is 5.92. The minimum atomic E-state index is -0.439. The van der Waals surface area contributed by atoms with E-state index in [1.54, 1.807) is 23.1 Å². The maximum atomic E-state index is 12.2. The Bertz CT molecular complexity index is 513. The highest BCUT2D eigenvalue weighted by Gasteiger charge is 2.43. The van der Waals surface area contributed by atoms with Gasteiger partial charge in [0, 0.05) is 25.1 Å². The van der Waals surface area contributed by atoms with Crippen molar-refractivity contribution in [3.05, 3.63) is 35.4 Å². The standard InChI is InChI=1S/C16H22N2O2/c1-3-5-12-9-14(12)16(20)18(2)10-11-6-4-7-13(8-11)15(17)19/h4,6-8,12,14H,3,5,9-10H2,1-2H3,(H2,17,19). The third-order valence-electron chi connectivity index (χ3n) is 3.91. The van der Waals surface area contributed by atoms with Crippen molar-refractivity contribution in [2.45, 2.75) is 32.7 Å². The van der Waals surface area contributed by atoms with Gasteiger partial charge in [-0.2, -0.15) is 0 Å². The summed E-state index contributed by atoms with van der Waals surface area (Å²) in [5.74, 6) is 0.560. The molecule has 1 fully saturated rings. The van der Waals surface area contributed by atoms with E-state index in [0.29, 0.717) is 18.0 Å². The van der Waals surface area contributed by atoms with Gasteiger partial charge in [0.25, 0.3) is 0 Å². The number of primary amides is 1. The Morgan fingerprint density at radius 3 is 2.80 bits per heavy atom. The molecule has 0 spiro atoms. The fourth-order valence-corrected chi connectivity index (χ4v) is 2.70. The largest absolute Gasteiger partial charge is 0.366 e. The zero-order valence-electron chi connectivity index (χ0n) is 12.1. The first kappa shape index (κ1) is 14.6. The first-order valence-electron chi connectivity index (χ1n) is 7.16. The van der Waals surface area contributed by atoms with Crippen molar-refractivity contribution in [1.29, 1.82) is 0 Å². The van der Waals surface area contributed by atoms with E-state index >= 15 is 0 Å². The van der Waals surface area contributed by atoms with Gasteiger partial charge in [0.2, 0.25) is 11.8 Å². The molecule has 0 radical (unpaired) electrons. The van der Waals surface area contributed by atoms with Crippen molar-refractivity contribution >= 4 is 11.8 Å². The van der Waals surface area contributed by atoms with Crippen molar-refractivity contribution in [2.24, 2.45) is 17.6 Å². The van der Waals surface area contributed by atoms with Crippen molar-refractivity contribution in [2.75, 3.05) is 7.05 Å². The Balaban J connectivity index is 1.94. The van der Waals surface area contributed by atoms with E-state index in [1.807, 2.05) is 13.1 Å². The molecule has 2 atom stereocenters. The topological polar surface area (TPSA) is 63.4 Å². The molecule has 108 valence electrons. The number of hydrogen-bond acceptors (Lipinski definition) is 2. The van der Waals surface area contributed by atoms with Gasteiger partial charge in [-0.3, -0.25) is 9.59 Å². The van der Waals surface area contributed by atoms with Crippen LogP contribution in [0.25, 0.3) is 0 Å². The van der Waals surface area contributed by atoms with E-state index in [1.165, 1.54) is 0 Å². The smallest absolute Gasteiger partial charge is 0.248 e. The highest BCUT2D eigenvalue weighted by Crippen LogP contribution is 2.43. The Hall–Kier alpha value is -1.84. The molecule has 1 aliphatic carbocycles. The predicted octanol–water partition coefficient (Wildman–Crippen LogP) is 2.18. The SMILES string of the molecule is CCCC1CC1C(=O)N(C)Cc1cccc(C(N)=O)c1. The van der Waals surface area contributed by atoms with Gasteiger partial charge < -0.3 is 10.6 Å². The summed E-state index contributed by atoms with van der Waals surface area (Å²) in [6.07, 6.45) is 3.30. The van der Waals surface area contributed by atoms with Crippen LogP contribution in [-0.4, -0.2) is 23.8 Å². The summed E-state index contributed by atoms with van der Waals surface area (Å²) in [6.45, 7) is 2.67. The van der Waals surface area contributed by atoms with Gasteiger partial charge in [-0.25, -0.2) is 0 Å². The van der Waals surface area contributed by atoms with E-state index in [-0.39, 0.29) is 11.8 Å². The van der Waals surface area contributed by atoms with E-state index in [9.17, 15) is 9.59 Å². The summed E-state index contributed by atoms with van der Waals surface area (Å²) in [5, 5.41) is 0. The van der Waals surface area contributed by atoms with Crippen molar-refractivity contribution in [1.82, 2.24) is 4.90 Å². The zero-order valence-corrected chi connectivity index (χ0v) is 12.1. The monoisotopic (exact) mass is 274 g/mol. The van der Waals surface area contributed by atoms with Crippen LogP contribution in [0.3, 0.4) is 0 Å². The molecule has 4 heteroatoms. The lowest BCUT2D eigenvalue weighted by molar-refractivity contribution is -0.132. The average molecular weight is 274 g/mol. The van der Waals surface area contributed by atoms with Crippen LogP contribution in [0.15, 0.2) is 24.3 Å². The molecule has 2 unspecified atom stereocenters. The average Bonchev–Trinajstić information content (AvgIpc) is 3.18. The van der Waals surface area contributed by atoms with Crippen LogP contribution in [0, 0.1) is 11.8 Å². The van der Waals surface area contributed by atoms with Crippen LogP contribution in [-0.2, 0) is 11.3 Å². The molecule has 1 saturated carbocycles. The summed E-state index contributed by atoms with van der Waals surface area (Å²) in [4.78, 5) is 25.1. The number of amides is 2. The second kappa shape index (κ2) is 6.07. The Morgan fingerprint density at radius 2 is 2.15 bits per heavy atom. The van der Waals surface area contributed by atoms with Gasteiger partial charge in [0.1, 0.15) is 0 Å². The van der Waals surface area contributed by atoms with Gasteiger partial charge in [-0.05, 0) is 36.5 Å². The molecule has 0 heterocycles. The van der Waals surface area contributed by atoms with E-state index in [0.717, 1.165) is 24.8 Å². The van der Waals surface area contributed by atoms with Crippen LogP contribution >= 0.6 is 0 Å². The van der Waals surface area contributed by atoms with E-state index < -0.39 is 5.91 Å². The molecule has 0 aromatic heterocycles. The number of hydrogen-bond donors (Lipinski definition) is 1. The molecule has 20 heavy (non-hydrogen) atoms. The minimum Gasteiger partial charge on any atom is -0.366 e. The summed E-state index contributed by atoms with van der Waals surface area (Å²) in [5.41, 5.74) is 6.68. The fraction of sp³-hybridized carbons (Fsp3) is 0.500. The second-order valence-corrected chi connectivity index (χ2v) is 5.65. The number of rotatable bonds is 6. The maximum absolute atomic E-state index is 12.2. The molecule has 2 rings (SSSR count). The van der Waals surface area contributed by atoms with Gasteiger partial charge >= 0.3 is 0 Å². The van der Waals surface area contributed by atoms with Crippen molar-refractivity contribution in [3.63, 3.8) is 0 Å². The third-order valence-corrected chi connectivity index (χ3v) is 3.91. The molecule has 1 aliphatic rings. The molecule has 0 saturated heterocycles. The van der Waals surface area contributed by atoms with Gasteiger partial charge in [-0.15, -0.1) is 0 Å². The second-order valence-electron chi connectivity index (χ2n) is 5.65. The summed E-state index contributed by atoms with van der Waals surface area (Å²) >= 11 is 0. The van der Waals surface area contributed by atoms with Gasteiger partial charge in [0.05, 0.1) is 0 Å². The Kier molecular flexibility index (Phi) is 4.42. The van der Waals surface area contributed by atoms with Crippen molar-refractivity contribution in [3.8, 4) is 0 Å². The fourth-order valence-electron chi connectivity index (χ4n) is 2.70. The van der Waals surface area contributed by atoms with Gasteiger partial charge in [0.15, 0.2) is 0 Å². The highest BCUT2D eigenvalue weighted by atomic mass is 16.2. The number of carbonyl (C=O) groups excluding carboxylic acids is 2. The molecular weight excluding hydrogens is 252 g/mol. The number of carbonyl (C=O) groups is 2. The van der Waals surface area contributed by atoms with Gasteiger partial charge in [-0.1, -0.05) is 25.5 Å². The van der Waals surface area contributed by atoms with E-state index in [4.69, 9.17) is 5.73 Å². The van der Waals surface area contributed by atoms with Crippen LogP contribution in [0.4, 0.5) is 0 Å². The summed E-state index contributed by atoms with van der Waals surface area (Å²) < 4.78 is 0. The molecule has 1 aromatic rings. The lowest BCUT2D eigenvalue weighted by Crippen LogP contribution is -2.28. The lowest BCUT2D eigenvalue weighted by atomic mass is 10.1. The number of nitrogens with zero attached hydrogens (tertiary/aromatic N) is 1. The minimum absolute atomic E-state index is 0.208. The van der Waals surface area contributed by atoms with Crippen LogP contribution in [0.1, 0.15) is 42.1 Å². The van der Waals surface area contributed by atoms with Crippen LogP contribution < -0.4 is 5.73 Å². The molecule has 1 aromatic carbocycles. The summed E-state index contributed by atoms with van der Waals surface area (Å²) in [7, 11) is 1.82.